The van der Waals surface area contributed by atoms with Gasteiger partial charge >= 0.3 is 0 Å². The second-order valence-electron chi connectivity index (χ2n) is 2.18. The van der Waals surface area contributed by atoms with Crippen molar-refractivity contribution in [3.05, 3.63) is 34.6 Å². The third kappa shape index (κ3) is 3.04. The van der Waals surface area contributed by atoms with Gasteiger partial charge in [-0.25, -0.2) is 8.60 Å². The molecule has 0 aliphatic heterocycles. The molecule has 0 saturated heterocycles. The van der Waals surface area contributed by atoms with E-state index in [1.165, 1.54) is 18.2 Å². The average molecular weight is 224 g/mol. The Labute approximate surface area is 82.0 Å². The smallest absolute Gasteiger partial charge is 0.142 e. The number of benzene rings is 1. The highest BCUT2D eigenvalue weighted by Gasteiger charge is 2.04. The van der Waals surface area contributed by atoms with E-state index in [9.17, 15) is 13.2 Å². The lowest BCUT2D eigenvalue weighted by Crippen LogP contribution is -1.97. The molecule has 1 aromatic carbocycles. The molecule has 3 nitrogen and oxygen atoms in total. The van der Waals surface area contributed by atoms with Crippen LogP contribution in [0.5, 0.6) is 0 Å². The molecule has 0 fully saturated rings. The van der Waals surface area contributed by atoms with Crippen molar-refractivity contribution in [3.8, 4) is 0 Å². The maximum Gasteiger partial charge on any atom is 0.142 e. The minimum Gasteiger partial charge on any atom is -0.750 e. The molecule has 0 saturated carbocycles. The Morgan fingerprint density at radius 1 is 1.62 bits per heavy atom. The van der Waals surface area contributed by atoms with Gasteiger partial charge in [-0.2, -0.15) is 0 Å². The summed E-state index contributed by atoms with van der Waals surface area (Å²) < 4.78 is 37.0. The van der Waals surface area contributed by atoms with Crippen molar-refractivity contribution in [1.29, 1.82) is 0 Å². The highest BCUT2D eigenvalue weighted by Crippen LogP contribution is 2.20. The second kappa shape index (κ2) is 4.66. The van der Waals surface area contributed by atoms with E-state index in [-0.39, 0.29) is 11.6 Å². The van der Waals surface area contributed by atoms with Gasteiger partial charge in [0.15, 0.2) is 0 Å². The topological polar surface area (TPSA) is 49.4 Å². The summed E-state index contributed by atoms with van der Waals surface area (Å²) in [4.78, 5) is 0. The molecular formula is C7H5ClFO3S-. The molecule has 13 heavy (non-hydrogen) atoms. The Balaban J connectivity index is 2.77. The zero-order chi connectivity index (χ0) is 9.84. The molecule has 1 rings (SSSR count). The molecular weight excluding hydrogens is 219 g/mol. The van der Waals surface area contributed by atoms with Crippen LogP contribution in [0.2, 0.25) is 5.02 Å². The monoisotopic (exact) mass is 223 g/mol. The van der Waals surface area contributed by atoms with Crippen molar-refractivity contribution < 1.29 is 17.3 Å². The Morgan fingerprint density at radius 3 is 2.92 bits per heavy atom. The predicted octanol–water partition coefficient (Wildman–Crippen LogP) is 1.79. The van der Waals surface area contributed by atoms with Crippen LogP contribution < -0.4 is 0 Å². The van der Waals surface area contributed by atoms with E-state index in [1.807, 2.05) is 0 Å². The fourth-order valence-electron chi connectivity index (χ4n) is 0.772. The van der Waals surface area contributed by atoms with Crippen molar-refractivity contribution in [2.45, 2.75) is 6.61 Å². The first-order chi connectivity index (χ1) is 6.11. The Hall–Kier alpha value is -0.490. The fourth-order valence-corrected chi connectivity index (χ4v) is 1.18. The molecule has 0 aliphatic rings. The molecule has 0 N–H and O–H groups in total. The average Bonchev–Trinajstić information content (AvgIpc) is 2.07. The maximum atomic E-state index is 12.8. The van der Waals surface area contributed by atoms with Gasteiger partial charge in [0.1, 0.15) is 5.82 Å². The lowest BCUT2D eigenvalue weighted by atomic mass is 10.2. The van der Waals surface area contributed by atoms with E-state index >= 15 is 0 Å². The summed E-state index contributed by atoms with van der Waals surface area (Å²) in [5.41, 5.74) is 0.297. The van der Waals surface area contributed by atoms with E-state index < -0.39 is 17.2 Å². The minimum absolute atomic E-state index is 0.118. The minimum atomic E-state index is -2.61. The first-order valence-electron chi connectivity index (χ1n) is 3.26. The Kier molecular flexibility index (Phi) is 3.80. The first-order valence-corrected chi connectivity index (χ1v) is 4.64. The SMILES string of the molecule is O=S([O-])OCc1cccc(F)c1Cl. The molecule has 0 aromatic heterocycles. The van der Waals surface area contributed by atoms with Gasteiger partial charge in [0, 0.05) is 5.56 Å². The van der Waals surface area contributed by atoms with Crippen LogP contribution in [-0.2, 0) is 22.2 Å². The van der Waals surface area contributed by atoms with Crippen LogP contribution in [0.1, 0.15) is 5.56 Å². The van der Waals surface area contributed by atoms with Crippen molar-refractivity contribution in [3.63, 3.8) is 0 Å². The van der Waals surface area contributed by atoms with Crippen molar-refractivity contribution in [1.82, 2.24) is 0 Å². The van der Waals surface area contributed by atoms with Gasteiger partial charge in [0.05, 0.1) is 23.0 Å². The van der Waals surface area contributed by atoms with Crippen molar-refractivity contribution >= 4 is 23.0 Å². The highest BCUT2D eigenvalue weighted by atomic mass is 35.5. The standard InChI is InChI=1S/C7H6ClFO3S/c8-7-5(4-12-13(10)11)2-1-3-6(7)9/h1-3H,4H2,(H,10,11)/p-1. The number of hydrogen-bond donors (Lipinski definition) is 0. The lowest BCUT2D eigenvalue weighted by molar-refractivity contribution is 0.290. The first kappa shape index (κ1) is 10.6. The summed E-state index contributed by atoms with van der Waals surface area (Å²) in [7, 11) is 0. The van der Waals surface area contributed by atoms with E-state index in [2.05, 4.69) is 4.18 Å². The van der Waals surface area contributed by atoms with Crippen LogP contribution >= 0.6 is 11.6 Å². The number of hydrogen-bond acceptors (Lipinski definition) is 3. The van der Waals surface area contributed by atoms with Gasteiger partial charge in [0.2, 0.25) is 0 Å². The van der Waals surface area contributed by atoms with E-state index in [0.717, 1.165) is 0 Å². The summed E-state index contributed by atoms with van der Waals surface area (Å²) in [6.45, 7) is -0.257. The summed E-state index contributed by atoms with van der Waals surface area (Å²) in [6.07, 6.45) is 0. The summed E-state index contributed by atoms with van der Waals surface area (Å²) >= 11 is 2.91. The predicted molar refractivity (Wildman–Crippen MR) is 45.1 cm³/mol. The molecule has 1 aromatic rings. The van der Waals surface area contributed by atoms with Gasteiger partial charge in [-0.05, 0) is 6.07 Å². The van der Waals surface area contributed by atoms with Gasteiger partial charge in [-0.15, -0.1) is 0 Å². The molecule has 1 unspecified atom stereocenters. The van der Waals surface area contributed by atoms with Crippen LogP contribution in [0.4, 0.5) is 4.39 Å². The summed E-state index contributed by atoms with van der Waals surface area (Å²) in [6, 6.07) is 4.09. The number of rotatable bonds is 3. The Morgan fingerprint density at radius 2 is 2.31 bits per heavy atom. The van der Waals surface area contributed by atoms with E-state index in [0.29, 0.717) is 5.56 Å². The van der Waals surface area contributed by atoms with Crippen LogP contribution in [-0.4, -0.2) is 8.76 Å². The second-order valence-corrected chi connectivity index (χ2v) is 3.20. The Bertz CT molecular complexity index is 332. The molecule has 72 valence electrons. The molecule has 1 atom stereocenters. The van der Waals surface area contributed by atoms with Crippen LogP contribution in [0.15, 0.2) is 18.2 Å². The zero-order valence-electron chi connectivity index (χ0n) is 6.33. The summed E-state index contributed by atoms with van der Waals surface area (Å²) in [5.74, 6) is -0.598. The van der Waals surface area contributed by atoms with Gasteiger partial charge in [-0.1, -0.05) is 23.7 Å². The van der Waals surface area contributed by atoms with Crippen LogP contribution in [0.3, 0.4) is 0 Å². The van der Waals surface area contributed by atoms with E-state index in [4.69, 9.17) is 11.6 Å². The fraction of sp³-hybridized carbons (Fsp3) is 0.143. The lowest BCUT2D eigenvalue weighted by Gasteiger charge is -2.07. The highest BCUT2D eigenvalue weighted by molar-refractivity contribution is 7.74. The molecule has 6 heteroatoms. The maximum absolute atomic E-state index is 12.8. The number of halogens is 2. The largest absolute Gasteiger partial charge is 0.750 e. The zero-order valence-corrected chi connectivity index (χ0v) is 7.90. The van der Waals surface area contributed by atoms with Gasteiger partial charge in [-0.3, -0.25) is 4.18 Å². The summed E-state index contributed by atoms with van der Waals surface area (Å²) in [5, 5.41) is -0.118. The van der Waals surface area contributed by atoms with E-state index in [1.54, 1.807) is 0 Å². The van der Waals surface area contributed by atoms with Crippen LogP contribution in [0, 0.1) is 5.82 Å². The third-order valence-electron chi connectivity index (χ3n) is 1.34. The van der Waals surface area contributed by atoms with Crippen molar-refractivity contribution in [2.24, 2.45) is 0 Å². The molecule has 0 amide bonds. The van der Waals surface area contributed by atoms with Crippen LogP contribution in [0.25, 0.3) is 0 Å². The van der Waals surface area contributed by atoms with Gasteiger partial charge < -0.3 is 4.55 Å². The van der Waals surface area contributed by atoms with Gasteiger partial charge in [0.25, 0.3) is 0 Å². The third-order valence-corrected chi connectivity index (χ3v) is 2.08. The molecule has 0 bridgehead atoms. The molecule has 0 radical (unpaired) electrons. The quantitative estimate of drug-likeness (QED) is 0.734. The molecule has 0 spiro atoms. The van der Waals surface area contributed by atoms with Crippen molar-refractivity contribution in [2.75, 3.05) is 0 Å². The normalized spacial score (nSPS) is 12.8. The molecule has 0 heterocycles. The molecule has 0 aliphatic carbocycles.